The highest BCUT2D eigenvalue weighted by atomic mass is 35.5. The molecule has 0 radical (unpaired) electrons. The zero-order chi connectivity index (χ0) is 19.6. The van der Waals surface area contributed by atoms with Gasteiger partial charge in [0.1, 0.15) is 16.4 Å². The highest BCUT2D eigenvalue weighted by Crippen LogP contribution is 2.28. The van der Waals surface area contributed by atoms with Crippen molar-refractivity contribution >= 4 is 41.2 Å². The minimum atomic E-state index is -1.12. The summed E-state index contributed by atoms with van der Waals surface area (Å²) in [6.45, 7) is 2.33. The molecule has 1 N–H and O–H groups in total. The van der Waals surface area contributed by atoms with E-state index in [4.69, 9.17) is 11.6 Å². The molecule has 0 aliphatic carbocycles. The number of rotatable bonds is 7. The van der Waals surface area contributed by atoms with Gasteiger partial charge in [0.25, 0.3) is 0 Å². The third-order valence-corrected chi connectivity index (χ3v) is 5.77. The summed E-state index contributed by atoms with van der Waals surface area (Å²) < 4.78 is 14.5. The van der Waals surface area contributed by atoms with E-state index in [1.54, 1.807) is 13.0 Å². The van der Waals surface area contributed by atoms with Gasteiger partial charge in [-0.1, -0.05) is 30.7 Å². The summed E-state index contributed by atoms with van der Waals surface area (Å²) in [5.41, 5.74) is 2.38. The second-order valence-corrected chi connectivity index (χ2v) is 7.86. The second-order valence-electron chi connectivity index (χ2n) is 6.56. The molecular formula is C20H20ClFN2O2S. The molecule has 27 heavy (non-hydrogen) atoms. The van der Waals surface area contributed by atoms with Crippen molar-refractivity contribution in [2.24, 2.45) is 0 Å². The van der Waals surface area contributed by atoms with Gasteiger partial charge in [0.15, 0.2) is 0 Å². The summed E-state index contributed by atoms with van der Waals surface area (Å²) in [5, 5.41) is 10.1. The van der Waals surface area contributed by atoms with Gasteiger partial charge in [-0.2, -0.15) is 12.6 Å². The first-order valence-electron chi connectivity index (χ1n) is 8.67. The average Bonchev–Trinajstić information content (AvgIpc) is 2.98. The molecule has 142 valence electrons. The van der Waals surface area contributed by atoms with Crippen molar-refractivity contribution in [2.75, 3.05) is 0 Å². The van der Waals surface area contributed by atoms with Crippen LogP contribution in [0.4, 0.5) is 4.39 Å². The Bertz CT molecular complexity index is 974. The van der Waals surface area contributed by atoms with Crippen LogP contribution in [0, 0.1) is 5.82 Å². The SMILES string of the molecule is CCC(S)(CCc1nc2cc(F)ccc2n1Cc1ccc(Cl)cc1)C(=O)O. The van der Waals surface area contributed by atoms with Crippen LogP contribution < -0.4 is 0 Å². The number of nitrogens with zero attached hydrogens (tertiary/aromatic N) is 2. The van der Waals surface area contributed by atoms with E-state index in [2.05, 4.69) is 17.6 Å². The molecule has 0 aliphatic rings. The first-order valence-corrected chi connectivity index (χ1v) is 9.50. The van der Waals surface area contributed by atoms with E-state index in [9.17, 15) is 14.3 Å². The van der Waals surface area contributed by atoms with Crippen molar-refractivity contribution in [2.45, 2.75) is 37.5 Å². The molecule has 1 heterocycles. The van der Waals surface area contributed by atoms with Crippen molar-refractivity contribution in [3.8, 4) is 0 Å². The molecule has 0 saturated carbocycles. The normalized spacial score (nSPS) is 13.6. The Morgan fingerprint density at radius 1 is 1.30 bits per heavy atom. The summed E-state index contributed by atoms with van der Waals surface area (Å²) in [6.07, 6.45) is 1.15. The molecule has 0 fully saturated rings. The Morgan fingerprint density at radius 3 is 2.63 bits per heavy atom. The van der Waals surface area contributed by atoms with E-state index in [1.807, 2.05) is 28.8 Å². The van der Waals surface area contributed by atoms with Gasteiger partial charge in [-0.15, -0.1) is 0 Å². The van der Waals surface area contributed by atoms with Crippen molar-refractivity contribution in [1.82, 2.24) is 9.55 Å². The van der Waals surface area contributed by atoms with Crippen molar-refractivity contribution in [3.63, 3.8) is 0 Å². The van der Waals surface area contributed by atoms with Gasteiger partial charge in [-0.25, -0.2) is 9.37 Å². The van der Waals surface area contributed by atoms with Gasteiger partial charge in [0, 0.05) is 24.1 Å². The van der Waals surface area contributed by atoms with Crippen LogP contribution in [0.2, 0.25) is 5.02 Å². The summed E-state index contributed by atoms with van der Waals surface area (Å²) in [6, 6.07) is 12.0. The van der Waals surface area contributed by atoms with Gasteiger partial charge in [-0.3, -0.25) is 4.79 Å². The third kappa shape index (κ3) is 4.28. The minimum absolute atomic E-state index is 0.328. The Hall–Kier alpha value is -2.05. The van der Waals surface area contributed by atoms with Gasteiger partial charge in [0.2, 0.25) is 0 Å². The number of carboxylic acid groups (broad SMARTS) is 1. The lowest BCUT2D eigenvalue weighted by Crippen LogP contribution is -2.32. The van der Waals surface area contributed by atoms with E-state index in [-0.39, 0.29) is 5.82 Å². The molecule has 0 bridgehead atoms. The van der Waals surface area contributed by atoms with Crippen molar-refractivity contribution in [3.05, 3.63) is 64.7 Å². The van der Waals surface area contributed by atoms with Gasteiger partial charge in [0.05, 0.1) is 11.0 Å². The molecular weight excluding hydrogens is 387 g/mol. The quantitative estimate of drug-likeness (QED) is 0.544. The summed E-state index contributed by atoms with van der Waals surface area (Å²) in [5.74, 6) is -0.591. The standard InChI is InChI=1S/C20H20ClFN2O2S/c1-2-20(27,19(25)26)10-9-18-23-16-11-15(22)7-8-17(16)24(18)12-13-3-5-14(21)6-4-13/h3-8,11,27H,2,9-10,12H2,1H3,(H,25,26). The molecule has 7 heteroatoms. The molecule has 1 unspecified atom stereocenters. The van der Waals surface area contributed by atoms with Crippen LogP contribution in [0.1, 0.15) is 31.2 Å². The van der Waals surface area contributed by atoms with Crippen LogP contribution in [0.15, 0.2) is 42.5 Å². The van der Waals surface area contributed by atoms with Crippen LogP contribution in [0.25, 0.3) is 11.0 Å². The van der Waals surface area contributed by atoms with Crippen LogP contribution in [0.5, 0.6) is 0 Å². The molecule has 0 amide bonds. The molecule has 3 aromatic rings. The zero-order valence-corrected chi connectivity index (χ0v) is 16.5. The van der Waals surface area contributed by atoms with E-state index < -0.39 is 10.7 Å². The van der Waals surface area contributed by atoms with Gasteiger partial charge in [-0.05, 0) is 42.7 Å². The van der Waals surface area contributed by atoms with E-state index >= 15 is 0 Å². The molecule has 4 nitrogen and oxygen atoms in total. The maximum Gasteiger partial charge on any atom is 0.319 e. The predicted octanol–water partition coefficient (Wildman–Crippen LogP) is 4.97. The molecule has 1 aromatic heterocycles. The van der Waals surface area contributed by atoms with Crippen molar-refractivity contribution < 1.29 is 14.3 Å². The van der Waals surface area contributed by atoms with Crippen LogP contribution in [-0.4, -0.2) is 25.4 Å². The highest BCUT2D eigenvalue weighted by molar-refractivity contribution is 7.82. The minimum Gasteiger partial charge on any atom is -0.480 e. The third-order valence-electron chi connectivity index (χ3n) is 4.79. The number of aliphatic carboxylic acids is 1. The summed E-state index contributed by atoms with van der Waals surface area (Å²) in [4.78, 5) is 16.1. The number of imidazole rings is 1. The summed E-state index contributed by atoms with van der Waals surface area (Å²) >= 11 is 10.3. The molecule has 0 saturated heterocycles. The number of hydrogen-bond donors (Lipinski definition) is 2. The maximum absolute atomic E-state index is 13.6. The summed E-state index contributed by atoms with van der Waals surface area (Å²) in [7, 11) is 0. The molecule has 0 spiro atoms. The largest absolute Gasteiger partial charge is 0.480 e. The topological polar surface area (TPSA) is 55.1 Å². The number of aryl methyl sites for hydroxylation is 1. The number of aromatic nitrogens is 2. The average molecular weight is 407 g/mol. The van der Waals surface area contributed by atoms with Crippen LogP contribution in [-0.2, 0) is 17.8 Å². The fraction of sp³-hybridized carbons (Fsp3) is 0.300. The number of carboxylic acids is 1. The highest BCUT2D eigenvalue weighted by Gasteiger charge is 2.32. The Morgan fingerprint density at radius 2 is 2.00 bits per heavy atom. The second kappa shape index (κ2) is 7.90. The van der Waals surface area contributed by atoms with Crippen LogP contribution >= 0.6 is 24.2 Å². The first-order chi connectivity index (χ1) is 12.8. The Labute approximate surface area is 167 Å². The smallest absolute Gasteiger partial charge is 0.319 e. The zero-order valence-electron chi connectivity index (χ0n) is 14.8. The Balaban J connectivity index is 1.97. The number of hydrogen-bond acceptors (Lipinski definition) is 3. The van der Waals surface area contributed by atoms with Gasteiger partial charge >= 0.3 is 5.97 Å². The van der Waals surface area contributed by atoms with Crippen LogP contribution in [0.3, 0.4) is 0 Å². The first kappa shape index (κ1) is 19.7. The maximum atomic E-state index is 13.6. The number of fused-ring (bicyclic) bond motifs is 1. The number of thiol groups is 1. The predicted molar refractivity (Wildman–Crippen MR) is 108 cm³/mol. The lowest BCUT2D eigenvalue weighted by Gasteiger charge is -2.21. The molecule has 2 aromatic carbocycles. The number of halogens is 2. The number of carbonyl (C=O) groups is 1. The molecule has 1 atom stereocenters. The molecule has 3 rings (SSSR count). The van der Waals surface area contributed by atoms with Gasteiger partial charge < -0.3 is 9.67 Å². The van der Waals surface area contributed by atoms with E-state index in [1.165, 1.54) is 12.1 Å². The van der Waals surface area contributed by atoms with Crippen molar-refractivity contribution in [1.29, 1.82) is 0 Å². The lowest BCUT2D eigenvalue weighted by molar-refractivity contribution is -0.140. The lowest BCUT2D eigenvalue weighted by atomic mass is 9.99. The number of benzene rings is 2. The fourth-order valence-electron chi connectivity index (χ4n) is 3.05. The fourth-order valence-corrected chi connectivity index (χ4v) is 3.28. The Kier molecular flexibility index (Phi) is 5.77. The molecule has 0 aliphatic heterocycles. The monoisotopic (exact) mass is 406 g/mol. The van der Waals surface area contributed by atoms with E-state index in [0.717, 1.165) is 11.1 Å². The van der Waals surface area contributed by atoms with E-state index in [0.29, 0.717) is 42.2 Å².